The minimum Gasteiger partial charge on any atom is -0.335 e. The summed E-state index contributed by atoms with van der Waals surface area (Å²) in [5.74, 6) is -0.696. The SMILES string of the molecule is CC(C)CCC1(C)NC(=O)N(CC(=O)NC(=O)NC2CCCCC2)C1=O. The van der Waals surface area contributed by atoms with Crippen LogP contribution in [-0.4, -0.2) is 46.9 Å². The van der Waals surface area contributed by atoms with Crippen LogP contribution in [0.25, 0.3) is 0 Å². The Kier molecular flexibility index (Phi) is 6.61. The molecule has 0 bridgehead atoms. The lowest BCUT2D eigenvalue weighted by Crippen LogP contribution is -2.49. The molecule has 1 saturated carbocycles. The van der Waals surface area contributed by atoms with E-state index < -0.39 is 36.0 Å². The maximum atomic E-state index is 12.6. The van der Waals surface area contributed by atoms with Gasteiger partial charge in [-0.25, -0.2) is 9.59 Å². The molecule has 0 aromatic heterocycles. The zero-order chi connectivity index (χ0) is 19.3. The summed E-state index contributed by atoms with van der Waals surface area (Å²) in [5, 5.41) is 7.65. The van der Waals surface area contributed by atoms with E-state index in [1.54, 1.807) is 6.92 Å². The third-order valence-corrected chi connectivity index (χ3v) is 5.06. The third-order valence-electron chi connectivity index (χ3n) is 5.06. The summed E-state index contributed by atoms with van der Waals surface area (Å²) in [6.07, 6.45) is 6.40. The third kappa shape index (κ3) is 5.19. The van der Waals surface area contributed by atoms with E-state index in [4.69, 9.17) is 0 Å². The van der Waals surface area contributed by atoms with Crippen molar-refractivity contribution in [2.45, 2.75) is 77.3 Å². The maximum Gasteiger partial charge on any atom is 0.325 e. The maximum absolute atomic E-state index is 12.6. The Bertz CT molecular complexity index is 572. The molecule has 8 nitrogen and oxygen atoms in total. The zero-order valence-corrected chi connectivity index (χ0v) is 15.9. The number of imide groups is 2. The predicted molar refractivity (Wildman–Crippen MR) is 96.3 cm³/mol. The monoisotopic (exact) mass is 366 g/mol. The van der Waals surface area contributed by atoms with Crippen molar-refractivity contribution in [2.75, 3.05) is 6.54 Å². The summed E-state index contributed by atoms with van der Waals surface area (Å²) in [6, 6.07) is -1.09. The first-order chi connectivity index (χ1) is 12.2. The molecular formula is C18H30N4O4. The molecule has 1 unspecified atom stereocenters. The van der Waals surface area contributed by atoms with E-state index in [1.165, 1.54) is 6.42 Å². The van der Waals surface area contributed by atoms with Gasteiger partial charge < -0.3 is 10.6 Å². The lowest BCUT2D eigenvalue weighted by molar-refractivity contribution is -0.134. The highest BCUT2D eigenvalue weighted by atomic mass is 16.2. The second kappa shape index (κ2) is 8.51. The van der Waals surface area contributed by atoms with Gasteiger partial charge in [0.25, 0.3) is 5.91 Å². The number of urea groups is 2. The van der Waals surface area contributed by atoms with Crippen molar-refractivity contribution < 1.29 is 19.2 Å². The van der Waals surface area contributed by atoms with Crippen molar-refractivity contribution in [3.63, 3.8) is 0 Å². The van der Waals surface area contributed by atoms with Gasteiger partial charge in [0.05, 0.1) is 0 Å². The van der Waals surface area contributed by atoms with Gasteiger partial charge in [0.2, 0.25) is 5.91 Å². The van der Waals surface area contributed by atoms with Crippen LogP contribution in [0.4, 0.5) is 9.59 Å². The van der Waals surface area contributed by atoms with E-state index in [0.717, 1.165) is 37.0 Å². The second-order valence-corrected chi connectivity index (χ2v) is 7.94. The molecule has 3 N–H and O–H groups in total. The number of nitrogens with one attached hydrogen (secondary N) is 3. The molecule has 2 rings (SSSR count). The van der Waals surface area contributed by atoms with E-state index in [-0.39, 0.29) is 6.04 Å². The van der Waals surface area contributed by atoms with Crippen LogP contribution in [0.2, 0.25) is 0 Å². The van der Waals surface area contributed by atoms with Gasteiger partial charge in [-0.15, -0.1) is 0 Å². The average Bonchev–Trinajstić information content (AvgIpc) is 2.77. The molecule has 0 radical (unpaired) electrons. The summed E-state index contributed by atoms with van der Waals surface area (Å²) in [4.78, 5) is 49.5. The van der Waals surface area contributed by atoms with Gasteiger partial charge in [-0.1, -0.05) is 33.1 Å². The molecule has 0 aromatic carbocycles. The summed E-state index contributed by atoms with van der Waals surface area (Å²) in [7, 11) is 0. The molecule has 0 spiro atoms. The quantitative estimate of drug-likeness (QED) is 0.624. The molecule has 2 fully saturated rings. The molecule has 146 valence electrons. The Balaban J connectivity index is 1.84. The Labute approximate surface area is 154 Å². The van der Waals surface area contributed by atoms with E-state index in [2.05, 4.69) is 16.0 Å². The van der Waals surface area contributed by atoms with Crippen LogP contribution in [0.1, 0.15) is 65.7 Å². The fraction of sp³-hybridized carbons (Fsp3) is 0.778. The van der Waals surface area contributed by atoms with Gasteiger partial charge >= 0.3 is 12.1 Å². The lowest BCUT2D eigenvalue weighted by atomic mass is 9.92. The van der Waals surface area contributed by atoms with Crippen LogP contribution >= 0.6 is 0 Å². The lowest BCUT2D eigenvalue weighted by Gasteiger charge is -2.23. The predicted octanol–water partition coefficient (Wildman–Crippen LogP) is 1.89. The molecule has 1 saturated heterocycles. The largest absolute Gasteiger partial charge is 0.335 e. The van der Waals surface area contributed by atoms with Crippen LogP contribution in [0.15, 0.2) is 0 Å². The fourth-order valence-corrected chi connectivity index (χ4v) is 3.42. The summed E-state index contributed by atoms with van der Waals surface area (Å²) >= 11 is 0. The molecule has 1 heterocycles. The summed E-state index contributed by atoms with van der Waals surface area (Å²) in [6.45, 7) is 5.30. The number of hydrogen-bond donors (Lipinski definition) is 3. The molecule has 1 aliphatic carbocycles. The number of hydrogen-bond acceptors (Lipinski definition) is 4. The average molecular weight is 366 g/mol. The molecule has 1 aliphatic heterocycles. The fourth-order valence-electron chi connectivity index (χ4n) is 3.42. The standard InChI is InChI=1S/C18H30N4O4/c1-12(2)9-10-18(3)15(24)22(17(26)21-18)11-14(23)20-16(25)19-13-7-5-4-6-8-13/h12-13H,4-11H2,1-3H3,(H,21,26)(H2,19,20,23,25). The molecular weight excluding hydrogens is 336 g/mol. The van der Waals surface area contributed by atoms with Crippen molar-refractivity contribution in [3.8, 4) is 0 Å². The molecule has 6 amide bonds. The Morgan fingerprint density at radius 2 is 1.88 bits per heavy atom. The normalized spacial score (nSPS) is 23.9. The number of carbonyl (C=O) groups is 4. The highest BCUT2D eigenvalue weighted by Crippen LogP contribution is 2.24. The highest BCUT2D eigenvalue weighted by molar-refractivity contribution is 6.09. The molecule has 1 atom stereocenters. The zero-order valence-electron chi connectivity index (χ0n) is 15.9. The van der Waals surface area contributed by atoms with E-state index in [0.29, 0.717) is 12.3 Å². The summed E-state index contributed by atoms with van der Waals surface area (Å²) in [5.41, 5.74) is -0.994. The number of rotatable bonds is 6. The van der Waals surface area contributed by atoms with Crippen LogP contribution in [0.3, 0.4) is 0 Å². The highest BCUT2D eigenvalue weighted by Gasteiger charge is 2.47. The Morgan fingerprint density at radius 1 is 1.23 bits per heavy atom. The van der Waals surface area contributed by atoms with Crippen molar-refractivity contribution in [1.82, 2.24) is 20.9 Å². The molecule has 0 aromatic rings. The molecule has 8 heteroatoms. The first-order valence-electron chi connectivity index (χ1n) is 9.46. The number of nitrogens with zero attached hydrogens (tertiary/aromatic N) is 1. The Morgan fingerprint density at radius 3 is 2.50 bits per heavy atom. The minimum absolute atomic E-state index is 0.0765. The van der Waals surface area contributed by atoms with Gasteiger partial charge in [-0.3, -0.25) is 19.8 Å². The van der Waals surface area contributed by atoms with Gasteiger partial charge in [0, 0.05) is 6.04 Å². The Hall–Kier alpha value is -2.12. The van der Waals surface area contributed by atoms with Gasteiger partial charge in [-0.05, 0) is 38.5 Å². The van der Waals surface area contributed by atoms with Crippen molar-refractivity contribution in [1.29, 1.82) is 0 Å². The molecule has 26 heavy (non-hydrogen) atoms. The van der Waals surface area contributed by atoms with Crippen LogP contribution < -0.4 is 16.0 Å². The van der Waals surface area contributed by atoms with E-state index in [9.17, 15) is 19.2 Å². The van der Waals surface area contributed by atoms with E-state index in [1.807, 2.05) is 13.8 Å². The van der Waals surface area contributed by atoms with Crippen molar-refractivity contribution in [2.24, 2.45) is 5.92 Å². The van der Waals surface area contributed by atoms with Gasteiger partial charge in [-0.2, -0.15) is 0 Å². The molecule has 2 aliphatic rings. The van der Waals surface area contributed by atoms with Crippen LogP contribution in [-0.2, 0) is 9.59 Å². The number of amides is 6. The van der Waals surface area contributed by atoms with E-state index >= 15 is 0 Å². The van der Waals surface area contributed by atoms with Crippen LogP contribution in [0.5, 0.6) is 0 Å². The van der Waals surface area contributed by atoms with Crippen molar-refractivity contribution >= 4 is 23.9 Å². The van der Waals surface area contributed by atoms with Gasteiger partial charge in [0.15, 0.2) is 0 Å². The smallest absolute Gasteiger partial charge is 0.325 e. The van der Waals surface area contributed by atoms with Gasteiger partial charge in [0.1, 0.15) is 12.1 Å². The van der Waals surface area contributed by atoms with Crippen LogP contribution in [0, 0.1) is 5.92 Å². The topological polar surface area (TPSA) is 108 Å². The second-order valence-electron chi connectivity index (χ2n) is 7.94. The van der Waals surface area contributed by atoms with Crippen molar-refractivity contribution in [3.05, 3.63) is 0 Å². The first kappa shape index (κ1) is 20.2. The minimum atomic E-state index is -0.994. The first-order valence-corrected chi connectivity index (χ1v) is 9.46. The summed E-state index contributed by atoms with van der Waals surface area (Å²) < 4.78 is 0. The number of carbonyl (C=O) groups excluding carboxylic acids is 4.